The van der Waals surface area contributed by atoms with Crippen molar-refractivity contribution in [2.75, 3.05) is 6.26 Å². The maximum Gasteiger partial charge on any atom is 0.141 e. The zero-order chi connectivity index (χ0) is 10.7. The summed E-state index contributed by atoms with van der Waals surface area (Å²) < 4.78 is 0. The fourth-order valence-corrected chi connectivity index (χ4v) is 1.85. The van der Waals surface area contributed by atoms with Crippen LogP contribution in [0.3, 0.4) is 0 Å². The average molecular weight is 217 g/mol. The minimum absolute atomic E-state index is 0.218. The Balaban J connectivity index is 2.49. The van der Waals surface area contributed by atoms with Gasteiger partial charge in [-0.2, -0.15) is 0 Å². The molecule has 15 heavy (non-hydrogen) atoms. The van der Waals surface area contributed by atoms with Gasteiger partial charge in [0.2, 0.25) is 0 Å². The van der Waals surface area contributed by atoms with Gasteiger partial charge in [0.25, 0.3) is 0 Å². The van der Waals surface area contributed by atoms with Crippen molar-refractivity contribution in [1.29, 1.82) is 0 Å². The van der Waals surface area contributed by atoms with Crippen molar-refractivity contribution in [3.63, 3.8) is 0 Å². The number of rotatable bonds is 2. The molecule has 1 heterocycles. The van der Waals surface area contributed by atoms with E-state index in [1.165, 1.54) is 0 Å². The molecule has 0 saturated heterocycles. The molecule has 0 radical (unpaired) electrons. The first-order valence-electron chi connectivity index (χ1n) is 4.59. The molecule has 0 amide bonds. The first-order chi connectivity index (χ1) is 7.31. The molecule has 2 rings (SSSR count). The van der Waals surface area contributed by atoms with Crippen LogP contribution in [-0.4, -0.2) is 16.3 Å². The van der Waals surface area contributed by atoms with E-state index in [-0.39, 0.29) is 5.75 Å². The summed E-state index contributed by atoms with van der Waals surface area (Å²) in [6.07, 6.45) is 3.71. The quantitative estimate of drug-likeness (QED) is 0.784. The molecule has 0 aliphatic heterocycles. The van der Waals surface area contributed by atoms with E-state index in [0.29, 0.717) is 5.69 Å². The maximum atomic E-state index is 9.66. The number of thioether (sulfide) groups is 1. The highest BCUT2D eigenvalue weighted by Crippen LogP contribution is 2.28. The molecule has 0 aliphatic carbocycles. The minimum atomic E-state index is 0.218. The van der Waals surface area contributed by atoms with Crippen molar-refractivity contribution in [3.05, 3.63) is 42.6 Å². The highest BCUT2D eigenvalue weighted by Gasteiger charge is 2.04. The molecular weight excluding hydrogens is 206 g/mol. The fraction of sp³-hybridized carbons (Fsp3) is 0.0833. The van der Waals surface area contributed by atoms with E-state index in [1.54, 1.807) is 30.1 Å². The first-order valence-corrected chi connectivity index (χ1v) is 5.82. The molecule has 2 aromatic rings. The number of aromatic hydroxyl groups is 1. The lowest BCUT2D eigenvalue weighted by Gasteiger charge is -2.04. The molecule has 0 unspecified atom stereocenters. The van der Waals surface area contributed by atoms with Crippen molar-refractivity contribution in [2.24, 2.45) is 0 Å². The number of nitrogens with zero attached hydrogens (tertiary/aromatic N) is 1. The van der Waals surface area contributed by atoms with Crippen molar-refractivity contribution in [3.8, 4) is 17.0 Å². The second-order valence-corrected chi connectivity index (χ2v) is 3.98. The summed E-state index contributed by atoms with van der Waals surface area (Å²) in [6, 6.07) is 11.3. The Morgan fingerprint density at radius 3 is 2.80 bits per heavy atom. The molecule has 1 N–H and O–H groups in total. The van der Waals surface area contributed by atoms with Crippen molar-refractivity contribution < 1.29 is 5.11 Å². The van der Waals surface area contributed by atoms with Crippen LogP contribution in [0.25, 0.3) is 11.3 Å². The van der Waals surface area contributed by atoms with Gasteiger partial charge in [-0.3, -0.25) is 4.98 Å². The summed E-state index contributed by atoms with van der Waals surface area (Å²) in [6.45, 7) is 0. The molecule has 0 aliphatic rings. The molecule has 0 atom stereocenters. The van der Waals surface area contributed by atoms with E-state index in [4.69, 9.17) is 0 Å². The third kappa shape index (κ3) is 2.13. The summed E-state index contributed by atoms with van der Waals surface area (Å²) in [5, 5.41) is 9.66. The third-order valence-electron chi connectivity index (χ3n) is 2.13. The zero-order valence-electron chi connectivity index (χ0n) is 8.34. The second-order valence-electron chi connectivity index (χ2n) is 3.10. The zero-order valence-corrected chi connectivity index (χ0v) is 9.16. The van der Waals surface area contributed by atoms with E-state index < -0.39 is 0 Å². The van der Waals surface area contributed by atoms with Crippen LogP contribution < -0.4 is 0 Å². The van der Waals surface area contributed by atoms with Gasteiger partial charge in [0.15, 0.2) is 0 Å². The second kappa shape index (κ2) is 4.36. The summed E-state index contributed by atoms with van der Waals surface area (Å²) >= 11 is 1.67. The topological polar surface area (TPSA) is 33.1 Å². The fourth-order valence-electron chi connectivity index (χ4n) is 1.39. The van der Waals surface area contributed by atoms with E-state index in [0.717, 1.165) is 10.5 Å². The Kier molecular flexibility index (Phi) is 2.92. The summed E-state index contributed by atoms with van der Waals surface area (Å²) in [5.74, 6) is 0.218. The minimum Gasteiger partial charge on any atom is -0.506 e. The van der Waals surface area contributed by atoms with E-state index in [1.807, 2.05) is 30.5 Å². The lowest BCUT2D eigenvalue weighted by molar-refractivity contribution is 0.475. The summed E-state index contributed by atoms with van der Waals surface area (Å²) in [4.78, 5) is 5.33. The van der Waals surface area contributed by atoms with Crippen LogP contribution in [0.5, 0.6) is 5.75 Å². The SMILES string of the molecule is CSc1cccc(-c2ncccc2O)c1. The molecule has 0 fully saturated rings. The Morgan fingerprint density at radius 1 is 1.20 bits per heavy atom. The first kappa shape index (κ1) is 10.1. The molecule has 1 aromatic heterocycles. The highest BCUT2D eigenvalue weighted by atomic mass is 32.2. The van der Waals surface area contributed by atoms with Gasteiger partial charge < -0.3 is 5.11 Å². The summed E-state index contributed by atoms with van der Waals surface area (Å²) in [7, 11) is 0. The van der Waals surface area contributed by atoms with Gasteiger partial charge in [-0.1, -0.05) is 12.1 Å². The third-order valence-corrected chi connectivity index (χ3v) is 2.85. The number of hydrogen-bond acceptors (Lipinski definition) is 3. The molecule has 0 bridgehead atoms. The Bertz CT molecular complexity index is 471. The molecule has 1 aromatic carbocycles. The van der Waals surface area contributed by atoms with Crippen LogP contribution in [0.1, 0.15) is 0 Å². The number of pyridine rings is 1. The Hall–Kier alpha value is -1.48. The van der Waals surface area contributed by atoms with Gasteiger partial charge in [-0.05, 0) is 30.5 Å². The van der Waals surface area contributed by atoms with Crippen LogP contribution in [0.15, 0.2) is 47.5 Å². The number of hydrogen-bond donors (Lipinski definition) is 1. The van der Waals surface area contributed by atoms with Crippen molar-refractivity contribution >= 4 is 11.8 Å². The molecule has 0 saturated carbocycles. The van der Waals surface area contributed by atoms with Crippen LogP contribution in [-0.2, 0) is 0 Å². The number of benzene rings is 1. The molecule has 3 heteroatoms. The average Bonchev–Trinajstić information content (AvgIpc) is 2.30. The smallest absolute Gasteiger partial charge is 0.141 e. The predicted molar refractivity (Wildman–Crippen MR) is 63.1 cm³/mol. The maximum absolute atomic E-state index is 9.66. The van der Waals surface area contributed by atoms with Crippen LogP contribution >= 0.6 is 11.8 Å². The largest absolute Gasteiger partial charge is 0.506 e. The Morgan fingerprint density at radius 2 is 2.07 bits per heavy atom. The summed E-state index contributed by atoms with van der Waals surface area (Å²) in [5.41, 5.74) is 1.58. The van der Waals surface area contributed by atoms with Crippen LogP contribution in [0.4, 0.5) is 0 Å². The van der Waals surface area contributed by atoms with Gasteiger partial charge >= 0.3 is 0 Å². The lowest BCUT2D eigenvalue weighted by Crippen LogP contribution is -1.83. The van der Waals surface area contributed by atoms with Crippen LogP contribution in [0.2, 0.25) is 0 Å². The van der Waals surface area contributed by atoms with E-state index in [9.17, 15) is 5.11 Å². The normalized spacial score (nSPS) is 10.2. The Labute approximate surface area is 93.0 Å². The monoisotopic (exact) mass is 217 g/mol. The van der Waals surface area contributed by atoms with E-state index >= 15 is 0 Å². The van der Waals surface area contributed by atoms with Gasteiger partial charge in [0, 0.05) is 16.7 Å². The van der Waals surface area contributed by atoms with Crippen LogP contribution in [0, 0.1) is 0 Å². The number of aromatic nitrogens is 1. The van der Waals surface area contributed by atoms with Crippen molar-refractivity contribution in [2.45, 2.75) is 4.90 Å². The van der Waals surface area contributed by atoms with Crippen molar-refractivity contribution in [1.82, 2.24) is 4.98 Å². The standard InChI is InChI=1S/C12H11NOS/c1-15-10-5-2-4-9(8-10)12-11(14)6-3-7-13-12/h2-8,14H,1H3. The predicted octanol–water partition coefficient (Wildman–Crippen LogP) is 3.18. The van der Waals surface area contributed by atoms with E-state index in [2.05, 4.69) is 4.98 Å². The molecule has 76 valence electrons. The molecule has 0 spiro atoms. The molecular formula is C12H11NOS. The van der Waals surface area contributed by atoms with Gasteiger partial charge in [0.1, 0.15) is 11.4 Å². The molecule has 2 nitrogen and oxygen atoms in total. The van der Waals surface area contributed by atoms with Gasteiger partial charge in [0.05, 0.1) is 0 Å². The lowest BCUT2D eigenvalue weighted by atomic mass is 10.1. The highest BCUT2D eigenvalue weighted by molar-refractivity contribution is 7.98. The van der Waals surface area contributed by atoms with Gasteiger partial charge in [-0.15, -0.1) is 11.8 Å². The van der Waals surface area contributed by atoms with Gasteiger partial charge in [-0.25, -0.2) is 0 Å².